The van der Waals surface area contributed by atoms with Crippen LogP contribution >= 0.6 is 0 Å². The highest BCUT2D eigenvalue weighted by atomic mass is 16.5. The van der Waals surface area contributed by atoms with E-state index in [1.165, 1.54) is 5.70 Å². The summed E-state index contributed by atoms with van der Waals surface area (Å²) in [6.07, 6.45) is 10.2. The molecule has 136 valence electrons. The first-order valence-electron chi connectivity index (χ1n) is 9.15. The molecular formula is C19H29N5O. The number of allylic oxidation sites excluding steroid dienone is 3. The highest BCUT2D eigenvalue weighted by Crippen LogP contribution is 2.22. The molecule has 1 heterocycles. The molecule has 0 aromatic rings. The molecule has 0 bridgehead atoms. The van der Waals surface area contributed by atoms with E-state index in [9.17, 15) is 0 Å². The molecule has 0 atom stereocenters. The van der Waals surface area contributed by atoms with Crippen molar-refractivity contribution >= 4 is 11.4 Å². The van der Waals surface area contributed by atoms with E-state index in [4.69, 9.17) is 10.5 Å². The van der Waals surface area contributed by atoms with Gasteiger partial charge in [0.15, 0.2) is 0 Å². The van der Waals surface area contributed by atoms with Gasteiger partial charge in [-0.15, -0.1) is 0 Å². The van der Waals surface area contributed by atoms with Gasteiger partial charge in [-0.2, -0.15) is 0 Å². The fraction of sp³-hybridized carbons (Fsp3) is 0.579. The van der Waals surface area contributed by atoms with E-state index in [-0.39, 0.29) is 0 Å². The molecule has 0 amide bonds. The summed E-state index contributed by atoms with van der Waals surface area (Å²) < 4.78 is 5.48. The molecule has 3 aliphatic rings. The highest BCUT2D eigenvalue weighted by Gasteiger charge is 2.25. The number of hydrogen-bond acceptors (Lipinski definition) is 6. The van der Waals surface area contributed by atoms with Crippen molar-refractivity contribution in [3.63, 3.8) is 0 Å². The minimum Gasteiger partial charge on any atom is -0.380 e. The molecule has 1 aliphatic heterocycles. The van der Waals surface area contributed by atoms with Gasteiger partial charge in [0.05, 0.1) is 24.6 Å². The Labute approximate surface area is 150 Å². The third-order valence-corrected chi connectivity index (χ3v) is 5.04. The molecule has 3 rings (SSSR count). The summed E-state index contributed by atoms with van der Waals surface area (Å²) in [5.41, 5.74) is 10.00. The first-order valence-corrected chi connectivity index (χ1v) is 9.15. The lowest BCUT2D eigenvalue weighted by atomic mass is 9.91. The summed E-state index contributed by atoms with van der Waals surface area (Å²) in [7, 11) is 1.81. The number of hydrogen-bond donors (Lipinski definition) is 2. The predicted molar refractivity (Wildman–Crippen MR) is 103 cm³/mol. The van der Waals surface area contributed by atoms with Crippen LogP contribution in [0.2, 0.25) is 0 Å². The standard InChI is InChI=1S/C19H29N5O/c1-3-22-19-17(21-2)12-16(24-8-10-25-11-9-24)13-18(19)23-15-6-4-14(20)5-7-15/h3,12-15,23H,1,4-11,20H2,2H3. The zero-order chi connectivity index (χ0) is 17.6. The van der Waals surface area contributed by atoms with Gasteiger partial charge in [-0.25, -0.2) is 0 Å². The molecule has 2 aliphatic carbocycles. The van der Waals surface area contributed by atoms with Crippen molar-refractivity contribution in [1.29, 1.82) is 0 Å². The largest absolute Gasteiger partial charge is 0.380 e. The third-order valence-electron chi connectivity index (χ3n) is 5.04. The van der Waals surface area contributed by atoms with Gasteiger partial charge in [-0.3, -0.25) is 9.98 Å². The molecule has 25 heavy (non-hydrogen) atoms. The van der Waals surface area contributed by atoms with E-state index >= 15 is 0 Å². The fourth-order valence-electron chi connectivity index (χ4n) is 3.60. The van der Waals surface area contributed by atoms with Gasteiger partial charge in [0.2, 0.25) is 0 Å². The fourth-order valence-corrected chi connectivity index (χ4v) is 3.60. The summed E-state index contributed by atoms with van der Waals surface area (Å²) >= 11 is 0. The molecule has 1 saturated carbocycles. The number of ether oxygens (including phenoxy) is 1. The molecule has 1 saturated heterocycles. The Balaban J connectivity index is 1.84. The molecular weight excluding hydrogens is 314 g/mol. The second-order valence-electron chi connectivity index (χ2n) is 6.75. The molecule has 6 heteroatoms. The van der Waals surface area contributed by atoms with Crippen LogP contribution in [0.5, 0.6) is 0 Å². The maximum absolute atomic E-state index is 6.04. The molecule has 0 radical (unpaired) electrons. The summed E-state index contributed by atoms with van der Waals surface area (Å²) in [6, 6.07) is 0.777. The predicted octanol–water partition coefficient (Wildman–Crippen LogP) is 1.61. The van der Waals surface area contributed by atoms with Crippen molar-refractivity contribution in [2.24, 2.45) is 15.7 Å². The molecule has 2 fully saturated rings. The molecule has 0 unspecified atom stereocenters. The van der Waals surface area contributed by atoms with E-state index in [1.807, 2.05) is 7.05 Å². The van der Waals surface area contributed by atoms with Crippen LogP contribution in [0.25, 0.3) is 0 Å². The van der Waals surface area contributed by atoms with Gasteiger partial charge in [-0.05, 0) is 37.8 Å². The quantitative estimate of drug-likeness (QED) is 0.761. The van der Waals surface area contributed by atoms with Crippen LogP contribution in [-0.2, 0) is 4.74 Å². The van der Waals surface area contributed by atoms with E-state index in [2.05, 4.69) is 38.9 Å². The Morgan fingerprint density at radius 3 is 2.60 bits per heavy atom. The number of aliphatic imine (C=N–C) groups is 2. The third kappa shape index (κ3) is 4.38. The minimum atomic E-state index is 0.344. The topological polar surface area (TPSA) is 75.2 Å². The zero-order valence-corrected chi connectivity index (χ0v) is 15.1. The number of rotatable bonds is 4. The van der Waals surface area contributed by atoms with E-state index in [0.717, 1.165) is 69.1 Å². The SMILES string of the molecule is C=CN=C1C(NC2CCC(N)CC2)=CC(N2CCOCC2)=CC1=NC. The van der Waals surface area contributed by atoms with Crippen LogP contribution < -0.4 is 11.1 Å². The smallest absolute Gasteiger partial charge is 0.111 e. The van der Waals surface area contributed by atoms with Gasteiger partial charge >= 0.3 is 0 Å². The van der Waals surface area contributed by atoms with Gasteiger partial charge in [-0.1, -0.05) is 6.58 Å². The number of morpholine rings is 1. The first kappa shape index (κ1) is 17.9. The Hall–Kier alpha value is -1.92. The van der Waals surface area contributed by atoms with Crippen molar-refractivity contribution in [2.75, 3.05) is 33.4 Å². The van der Waals surface area contributed by atoms with Crippen molar-refractivity contribution < 1.29 is 4.74 Å². The summed E-state index contributed by atoms with van der Waals surface area (Å²) in [6.45, 7) is 7.09. The lowest BCUT2D eigenvalue weighted by Gasteiger charge is -2.34. The van der Waals surface area contributed by atoms with Crippen molar-refractivity contribution in [2.45, 2.75) is 37.8 Å². The molecule has 6 nitrogen and oxygen atoms in total. The van der Waals surface area contributed by atoms with Crippen LogP contribution in [0.15, 0.2) is 46.3 Å². The van der Waals surface area contributed by atoms with Crippen LogP contribution in [0.1, 0.15) is 25.7 Å². The number of nitrogens with one attached hydrogen (secondary N) is 1. The Bertz CT molecular complexity index is 605. The average Bonchev–Trinajstić information content (AvgIpc) is 2.65. The zero-order valence-electron chi connectivity index (χ0n) is 15.1. The Kier molecular flexibility index (Phi) is 6.04. The van der Waals surface area contributed by atoms with Crippen molar-refractivity contribution in [3.05, 3.63) is 36.3 Å². The molecule has 0 spiro atoms. The van der Waals surface area contributed by atoms with Gasteiger partial charge < -0.3 is 20.7 Å². The highest BCUT2D eigenvalue weighted by molar-refractivity contribution is 6.52. The normalized spacial score (nSPS) is 30.9. The summed E-state index contributed by atoms with van der Waals surface area (Å²) in [5, 5.41) is 3.69. The van der Waals surface area contributed by atoms with E-state index < -0.39 is 0 Å². The Morgan fingerprint density at radius 2 is 1.96 bits per heavy atom. The van der Waals surface area contributed by atoms with E-state index in [1.54, 1.807) is 6.20 Å². The van der Waals surface area contributed by atoms with Crippen LogP contribution in [0.4, 0.5) is 0 Å². The first-order chi connectivity index (χ1) is 12.2. The minimum absolute atomic E-state index is 0.344. The molecule has 3 N–H and O–H groups in total. The maximum atomic E-state index is 6.04. The lowest BCUT2D eigenvalue weighted by Crippen LogP contribution is -2.42. The maximum Gasteiger partial charge on any atom is 0.111 e. The van der Waals surface area contributed by atoms with Gasteiger partial charge in [0.25, 0.3) is 0 Å². The van der Waals surface area contributed by atoms with Crippen LogP contribution in [0.3, 0.4) is 0 Å². The van der Waals surface area contributed by atoms with Crippen LogP contribution in [0, 0.1) is 0 Å². The summed E-state index contributed by atoms with van der Waals surface area (Å²) in [4.78, 5) is 11.3. The molecule has 0 aromatic carbocycles. The lowest BCUT2D eigenvalue weighted by molar-refractivity contribution is 0.0554. The average molecular weight is 343 g/mol. The summed E-state index contributed by atoms with van der Waals surface area (Å²) in [5.74, 6) is 0. The number of nitrogens with two attached hydrogens (primary N) is 1. The van der Waals surface area contributed by atoms with Gasteiger partial charge in [0.1, 0.15) is 5.71 Å². The second-order valence-corrected chi connectivity index (χ2v) is 6.75. The van der Waals surface area contributed by atoms with Crippen molar-refractivity contribution in [1.82, 2.24) is 10.2 Å². The Morgan fingerprint density at radius 1 is 1.24 bits per heavy atom. The van der Waals surface area contributed by atoms with Crippen LogP contribution in [-0.4, -0.2) is 61.8 Å². The number of nitrogens with zero attached hydrogens (tertiary/aromatic N) is 3. The second kappa shape index (κ2) is 8.45. The molecule has 0 aromatic heterocycles. The van der Waals surface area contributed by atoms with Gasteiger partial charge in [0, 0.05) is 44.1 Å². The van der Waals surface area contributed by atoms with E-state index in [0.29, 0.717) is 12.1 Å². The van der Waals surface area contributed by atoms with Crippen molar-refractivity contribution in [3.8, 4) is 0 Å². The monoisotopic (exact) mass is 343 g/mol.